The van der Waals surface area contributed by atoms with Crippen LogP contribution in [0.1, 0.15) is 20.0 Å². The normalized spacial score (nSPS) is 10.8. The number of carbonyl (C=O) groups excluding carboxylic acids is 2. The van der Waals surface area contributed by atoms with Gasteiger partial charge in [-0.25, -0.2) is 9.78 Å². The largest absolute Gasteiger partial charge is 0.454 e. The maximum Gasteiger partial charge on any atom is 0.339 e. The molecule has 0 N–H and O–H groups in total. The van der Waals surface area contributed by atoms with Gasteiger partial charge in [-0.05, 0) is 41.8 Å². The van der Waals surface area contributed by atoms with Gasteiger partial charge in [0, 0.05) is 16.0 Å². The smallest absolute Gasteiger partial charge is 0.339 e. The Hall–Kier alpha value is -2.73. The first-order chi connectivity index (χ1) is 14.0. The van der Waals surface area contributed by atoms with Crippen LogP contribution in [0.15, 0.2) is 66.0 Å². The molecule has 29 heavy (non-hydrogen) atoms. The number of thiophene rings is 1. The summed E-state index contributed by atoms with van der Waals surface area (Å²) in [6.07, 6.45) is 0. The molecule has 0 fully saturated rings. The van der Waals surface area contributed by atoms with Crippen molar-refractivity contribution < 1.29 is 14.3 Å². The summed E-state index contributed by atoms with van der Waals surface area (Å²) in [5.41, 5.74) is 2.09. The monoisotopic (exact) mass is 441 g/mol. The van der Waals surface area contributed by atoms with E-state index in [1.165, 1.54) is 11.3 Å². The Labute approximate surface area is 180 Å². The van der Waals surface area contributed by atoms with Gasteiger partial charge in [-0.15, -0.1) is 11.3 Å². The van der Waals surface area contributed by atoms with Crippen LogP contribution in [-0.2, 0) is 4.74 Å². The van der Waals surface area contributed by atoms with Gasteiger partial charge in [0.1, 0.15) is 0 Å². The number of hydrogen-bond acceptors (Lipinski definition) is 5. The second-order valence-electron chi connectivity index (χ2n) is 6.17. The average Bonchev–Trinajstić information content (AvgIpc) is 3.26. The number of fused-ring (bicyclic) bond motifs is 1. The number of carbonyl (C=O) groups is 2. The third-order valence-corrected chi connectivity index (χ3v) is 5.73. The molecule has 0 saturated heterocycles. The molecule has 0 radical (unpaired) electrons. The fourth-order valence-electron chi connectivity index (χ4n) is 2.90. The van der Waals surface area contributed by atoms with Crippen molar-refractivity contribution in [2.24, 2.45) is 0 Å². The minimum Gasteiger partial charge on any atom is -0.454 e. The topological polar surface area (TPSA) is 56.3 Å². The molecule has 0 aliphatic carbocycles. The molecule has 4 rings (SSSR count). The van der Waals surface area contributed by atoms with Gasteiger partial charge in [0.25, 0.3) is 0 Å². The molecular weight excluding hydrogens is 429 g/mol. The lowest BCUT2D eigenvalue weighted by atomic mass is 10.0. The Balaban J connectivity index is 1.70. The highest BCUT2D eigenvalue weighted by Gasteiger charge is 2.18. The van der Waals surface area contributed by atoms with Crippen molar-refractivity contribution in [1.29, 1.82) is 0 Å². The average molecular weight is 442 g/mol. The fraction of sp³-hybridized carbons (Fsp3) is 0.0455. The van der Waals surface area contributed by atoms with Gasteiger partial charge in [0.05, 0.1) is 26.7 Å². The van der Waals surface area contributed by atoms with Crippen LogP contribution in [0.2, 0.25) is 10.0 Å². The predicted molar refractivity (Wildman–Crippen MR) is 116 cm³/mol. The number of ether oxygens (including phenoxy) is 1. The quantitative estimate of drug-likeness (QED) is 0.269. The van der Waals surface area contributed by atoms with E-state index in [4.69, 9.17) is 27.9 Å². The number of pyridine rings is 1. The number of rotatable bonds is 5. The molecule has 0 unspecified atom stereocenters. The first-order valence-electron chi connectivity index (χ1n) is 8.62. The Morgan fingerprint density at radius 1 is 1.00 bits per heavy atom. The Morgan fingerprint density at radius 2 is 1.83 bits per heavy atom. The molecule has 0 spiro atoms. The SMILES string of the molecule is O=C(COC(=O)c1cc(-c2ccc(Cl)cc2Cl)nc2ccccc12)c1cccs1. The van der Waals surface area contributed by atoms with Gasteiger partial charge in [-0.2, -0.15) is 0 Å². The zero-order chi connectivity index (χ0) is 20.4. The van der Waals surface area contributed by atoms with Gasteiger partial charge in [0.15, 0.2) is 6.61 Å². The van der Waals surface area contributed by atoms with Crippen LogP contribution in [-0.4, -0.2) is 23.3 Å². The lowest BCUT2D eigenvalue weighted by Crippen LogP contribution is -2.14. The van der Waals surface area contributed by atoms with Crippen LogP contribution in [0, 0.1) is 0 Å². The van der Waals surface area contributed by atoms with E-state index < -0.39 is 5.97 Å². The minimum atomic E-state index is -0.597. The van der Waals surface area contributed by atoms with E-state index >= 15 is 0 Å². The third kappa shape index (κ3) is 4.17. The lowest BCUT2D eigenvalue weighted by molar-refractivity contribution is 0.0478. The fourth-order valence-corrected chi connectivity index (χ4v) is 4.05. The van der Waals surface area contributed by atoms with E-state index in [0.29, 0.717) is 42.6 Å². The maximum absolute atomic E-state index is 12.8. The lowest BCUT2D eigenvalue weighted by Gasteiger charge is -2.11. The van der Waals surface area contributed by atoms with E-state index in [1.807, 2.05) is 12.1 Å². The van der Waals surface area contributed by atoms with Crippen LogP contribution in [0.25, 0.3) is 22.2 Å². The van der Waals surface area contributed by atoms with Crippen molar-refractivity contribution in [3.8, 4) is 11.3 Å². The van der Waals surface area contributed by atoms with Crippen molar-refractivity contribution in [3.63, 3.8) is 0 Å². The van der Waals surface area contributed by atoms with Gasteiger partial charge in [-0.1, -0.05) is 47.5 Å². The van der Waals surface area contributed by atoms with Crippen LogP contribution in [0.4, 0.5) is 0 Å². The zero-order valence-corrected chi connectivity index (χ0v) is 17.2. The molecule has 4 nitrogen and oxygen atoms in total. The highest BCUT2D eigenvalue weighted by molar-refractivity contribution is 7.12. The number of hydrogen-bond donors (Lipinski definition) is 0. The van der Waals surface area contributed by atoms with E-state index in [0.717, 1.165) is 0 Å². The van der Waals surface area contributed by atoms with E-state index in [-0.39, 0.29) is 12.4 Å². The van der Waals surface area contributed by atoms with Gasteiger partial charge in [0.2, 0.25) is 5.78 Å². The summed E-state index contributed by atoms with van der Waals surface area (Å²) in [4.78, 5) is 30.1. The Kier molecular flexibility index (Phi) is 5.62. The van der Waals surface area contributed by atoms with Gasteiger partial charge >= 0.3 is 5.97 Å². The van der Waals surface area contributed by atoms with Crippen LogP contribution in [0.5, 0.6) is 0 Å². The molecule has 0 aliphatic heterocycles. The molecule has 2 heterocycles. The summed E-state index contributed by atoms with van der Waals surface area (Å²) >= 11 is 13.6. The second-order valence-corrected chi connectivity index (χ2v) is 7.96. The highest BCUT2D eigenvalue weighted by atomic mass is 35.5. The summed E-state index contributed by atoms with van der Waals surface area (Å²) in [5.74, 6) is -0.840. The zero-order valence-electron chi connectivity index (χ0n) is 14.9. The molecule has 0 saturated carbocycles. The van der Waals surface area contributed by atoms with E-state index in [2.05, 4.69) is 4.98 Å². The first-order valence-corrected chi connectivity index (χ1v) is 10.3. The molecule has 2 aromatic carbocycles. The number of aromatic nitrogens is 1. The second kappa shape index (κ2) is 8.33. The van der Waals surface area contributed by atoms with Crippen molar-refractivity contribution in [1.82, 2.24) is 4.98 Å². The Bertz CT molecular complexity index is 1220. The number of benzene rings is 2. The summed E-state index contributed by atoms with van der Waals surface area (Å²) in [6.45, 7) is -0.326. The number of nitrogens with zero attached hydrogens (tertiary/aromatic N) is 1. The molecule has 0 amide bonds. The number of esters is 1. The number of halogens is 2. The highest BCUT2D eigenvalue weighted by Crippen LogP contribution is 2.32. The predicted octanol–water partition coefficient (Wildman–Crippen LogP) is 6.31. The summed E-state index contributed by atoms with van der Waals surface area (Å²) in [5, 5.41) is 3.36. The van der Waals surface area contributed by atoms with Crippen molar-refractivity contribution in [2.45, 2.75) is 0 Å². The molecule has 0 aliphatic rings. The molecule has 0 atom stereocenters. The Morgan fingerprint density at radius 3 is 2.59 bits per heavy atom. The van der Waals surface area contributed by atoms with E-state index in [9.17, 15) is 9.59 Å². The van der Waals surface area contributed by atoms with Crippen molar-refractivity contribution in [3.05, 3.63) is 86.5 Å². The van der Waals surface area contributed by atoms with Gasteiger partial charge < -0.3 is 4.74 Å². The number of Topliss-reactive ketones (excluding diaryl/α,β-unsaturated/α-hetero) is 1. The van der Waals surface area contributed by atoms with E-state index in [1.54, 1.807) is 53.9 Å². The summed E-state index contributed by atoms with van der Waals surface area (Å²) in [7, 11) is 0. The van der Waals surface area contributed by atoms with Crippen LogP contribution in [0.3, 0.4) is 0 Å². The summed E-state index contributed by atoms with van der Waals surface area (Å²) in [6, 6.07) is 17.4. The summed E-state index contributed by atoms with van der Waals surface area (Å²) < 4.78 is 5.30. The molecule has 144 valence electrons. The minimum absolute atomic E-state index is 0.243. The van der Waals surface area contributed by atoms with Crippen LogP contribution >= 0.6 is 34.5 Å². The maximum atomic E-state index is 12.8. The first kappa shape index (κ1) is 19.6. The molecule has 2 aromatic heterocycles. The standard InChI is InChI=1S/C22H13Cl2NO3S/c23-13-7-8-15(17(24)10-13)19-11-16(14-4-1-2-5-18(14)25-19)22(27)28-12-20(26)21-6-3-9-29-21/h1-11H,12H2. The molecule has 0 bridgehead atoms. The third-order valence-electron chi connectivity index (χ3n) is 4.27. The van der Waals surface area contributed by atoms with Crippen molar-refractivity contribution >= 4 is 57.2 Å². The molecule has 4 aromatic rings. The number of ketones is 1. The van der Waals surface area contributed by atoms with Gasteiger partial charge in [-0.3, -0.25) is 4.79 Å². The molecule has 7 heteroatoms. The van der Waals surface area contributed by atoms with Crippen molar-refractivity contribution in [2.75, 3.05) is 6.61 Å². The van der Waals surface area contributed by atoms with Crippen LogP contribution < -0.4 is 0 Å². The number of para-hydroxylation sites is 1. The molecular formula is C22H13Cl2NO3S.